The van der Waals surface area contributed by atoms with Crippen molar-refractivity contribution in [2.45, 2.75) is 0 Å². The van der Waals surface area contributed by atoms with Gasteiger partial charge in [0, 0.05) is 5.16 Å². The zero-order valence-electron chi connectivity index (χ0n) is 7.72. The van der Waals surface area contributed by atoms with Crippen LogP contribution in [-0.4, -0.2) is 19.1 Å². The van der Waals surface area contributed by atoms with Crippen LogP contribution in [0.2, 0.25) is 0 Å². The van der Waals surface area contributed by atoms with Crippen molar-refractivity contribution < 1.29 is 19.1 Å². The summed E-state index contributed by atoms with van der Waals surface area (Å²) in [5, 5.41) is 29.9. The van der Waals surface area contributed by atoms with E-state index in [4.69, 9.17) is 0 Å². The molecule has 3 aromatic heterocycles. The van der Waals surface area contributed by atoms with E-state index in [1.54, 1.807) is 0 Å². The molecule has 0 spiro atoms. The maximum absolute atomic E-state index is 11.4. The molecule has 4 rings (SSSR count). The average Bonchev–Trinajstić information content (AvgIpc) is 2.96. The fourth-order valence-corrected chi connectivity index (χ4v) is 2.25. The Bertz CT molecular complexity index is 844. The molecule has 4 aromatic rings. The van der Waals surface area contributed by atoms with Crippen molar-refractivity contribution in [3.05, 3.63) is 10.4 Å². The summed E-state index contributed by atoms with van der Waals surface area (Å²) in [6.45, 7) is 0. The zero-order valence-corrected chi connectivity index (χ0v) is 8.54. The van der Waals surface area contributed by atoms with Crippen molar-refractivity contribution in [3.8, 4) is 0 Å². The Morgan fingerprint density at radius 1 is 0.824 bits per heavy atom. The van der Waals surface area contributed by atoms with Crippen LogP contribution < -0.4 is 9.81 Å². The van der Waals surface area contributed by atoms with E-state index in [0.29, 0.717) is 5.52 Å². The Morgan fingerprint density at radius 2 is 1.41 bits per heavy atom. The van der Waals surface area contributed by atoms with Gasteiger partial charge in [0.2, 0.25) is 0 Å². The number of aromatic nitrogens is 6. The van der Waals surface area contributed by atoms with Crippen LogP contribution in [0.3, 0.4) is 0 Å². The van der Waals surface area contributed by atoms with Crippen molar-refractivity contribution in [2.75, 3.05) is 0 Å². The van der Waals surface area contributed by atoms with Gasteiger partial charge in [0.25, 0.3) is 16.6 Å². The SMILES string of the molecule is [O-][n+]1onc2c3nsnc3c3c(no[n+]3[O-])c21. The van der Waals surface area contributed by atoms with Crippen LogP contribution in [0.5, 0.6) is 0 Å². The van der Waals surface area contributed by atoms with E-state index in [1.807, 2.05) is 0 Å². The Balaban J connectivity index is 2.52. The summed E-state index contributed by atoms with van der Waals surface area (Å²) >= 11 is 0.889. The van der Waals surface area contributed by atoms with Crippen LogP contribution in [0.4, 0.5) is 0 Å². The molecule has 3 heterocycles. The molecule has 0 radical (unpaired) electrons. The molecule has 0 amide bonds. The van der Waals surface area contributed by atoms with Crippen LogP contribution in [0.25, 0.3) is 33.1 Å². The van der Waals surface area contributed by atoms with Crippen LogP contribution >= 0.6 is 11.7 Å². The van der Waals surface area contributed by atoms with Crippen molar-refractivity contribution in [2.24, 2.45) is 0 Å². The monoisotopic (exact) mass is 252 g/mol. The molecular weight excluding hydrogens is 252 g/mol. The molecule has 0 atom stereocenters. The van der Waals surface area contributed by atoms with E-state index >= 15 is 0 Å². The van der Waals surface area contributed by atoms with Gasteiger partial charge in [0.1, 0.15) is 0 Å². The lowest BCUT2D eigenvalue weighted by atomic mass is 10.2. The first-order valence-electron chi connectivity index (χ1n) is 4.30. The standard InChI is InChI=1S/C6N6O4S/c13-11-5-2(7-15-11)1-3(10-17-9-1)6-4(5)8-16-12(6)14. The number of rotatable bonds is 0. The molecule has 17 heavy (non-hydrogen) atoms. The number of hydrogen-bond acceptors (Lipinski definition) is 9. The topological polar surface area (TPSA) is 132 Å². The minimum absolute atomic E-state index is 0.00134. The quantitative estimate of drug-likeness (QED) is 0.373. The highest BCUT2D eigenvalue weighted by atomic mass is 32.1. The van der Waals surface area contributed by atoms with E-state index < -0.39 is 0 Å². The van der Waals surface area contributed by atoms with Crippen molar-refractivity contribution in [1.29, 1.82) is 0 Å². The second-order valence-corrected chi connectivity index (χ2v) is 3.74. The predicted molar refractivity (Wildman–Crippen MR) is 50.5 cm³/mol. The molecule has 0 aliphatic rings. The zero-order chi connectivity index (χ0) is 11.6. The molecule has 11 heteroatoms. The number of nitrogens with zero attached hydrogens (tertiary/aromatic N) is 6. The predicted octanol–water partition coefficient (Wildman–Crippen LogP) is -0.759. The molecule has 1 aromatic carbocycles. The Hall–Kier alpha value is -2.56. The van der Waals surface area contributed by atoms with Crippen molar-refractivity contribution in [1.82, 2.24) is 19.1 Å². The highest BCUT2D eigenvalue weighted by molar-refractivity contribution is 7.00. The minimum atomic E-state index is -0.00134. The number of hydrogen-bond donors (Lipinski definition) is 0. The summed E-state index contributed by atoms with van der Waals surface area (Å²) in [6.07, 6.45) is 0. The van der Waals surface area contributed by atoms with Gasteiger partial charge in [-0.2, -0.15) is 8.75 Å². The second-order valence-electron chi connectivity index (χ2n) is 3.22. The molecule has 10 nitrogen and oxygen atoms in total. The van der Waals surface area contributed by atoms with Gasteiger partial charge in [-0.25, -0.2) is 0 Å². The van der Waals surface area contributed by atoms with Crippen LogP contribution in [0.15, 0.2) is 9.26 Å². The van der Waals surface area contributed by atoms with Gasteiger partial charge in [-0.05, 0) is 9.81 Å². The Kier molecular flexibility index (Phi) is 1.30. The van der Waals surface area contributed by atoms with Gasteiger partial charge in [-0.3, -0.25) is 9.26 Å². The smallest absolute Gasteiger partial charge is 0.306 e. The average molecular weight is 252 g/mol. The summed E-state index contributed by atoms with van der Waals surface area (Å²) in [6, 6.07) is 0. The number of fused-ring (bicyclic) bond motifs is 6. The fraction of sp³-hybridized carbons (Fsp3) is 0. The molecule has 0 unspecified atom stereocenters. The summed E-state index contributed by atoms with van der Waals surface area (Å²) in [5.74, 6) is 0. The van der Waals surface area contributed by atoms with E-state index in [0.717, 1.165) is 11.7 Å². The number of benzene rings is 1. The minimum Gasteiger partial charge on any atom is -0.359 e. The molecule has 0 aliphatic carbocycles. The molecular formula is C6N6O4S. The van der Waals surface area contributed by atoms with E-state index in [2.05, 4.69) is 28.3 Å². The maximum Gasteiger partial charge on any atom is 0.306 e. The fourth-order valence-electron chi connectivity index (χ4n) is 1.70. The van der Waals surface area contributed by atoms with E-state index in [9.17, 15) is 10.4 Å². The highest BCUT2D eigenvalue weighted by Crippen LogP contribution is 2.27. The second kappa shape index (κ2) is 2.57. The molecule has 0 fully saturated rings. The molecule has 0 saturated carbocycles. The normalized spacial score (nSPS) is 12.0. The van der Waals surface area contributed by atoms with E-state index in [1.165, 1.54) is 0 Å². The summed E-state index contributed by atoms with van der Waals surface area (Å²) < 4.78 is 16.8. The van der Waals surface area contributed by atoms with Gasteiger partial charge in [-0.15, -0.1) is 0 Å². The highest BCUT2D eigenvalue weighted by Gasteiger charge is 2.30. The van der Waals surface area contributed by atoms with Gasteiger partial charge >= 0.3 is 5.52 Å². The third-order valence-electron chi connectivity index (χ3n) is 2.39. The summed E-state index contributed by atoms with van der Waals surface area (Å²) in [4.78, 5) is 0.324. The van der Waals surface area contributed by atoms with Crippen molar-refractivity contribution >= 4 is 44.8 Å². The van der Waals surface area contributed by atoms with Crippen LogP contribution in [-0.2, 0) is 0 Å². The first-order chi connectivity index (χ1) is 8.27. The first-order valence-corrected chi connectivity index (χ1v) is 5.03. The van der Waals surface area contributed by atoms with E-state index in [-0.39, 0.29) is 37.4 Å². The third-order valence-corrected chi connectivity index (χ3v) is 2.92. The summed E-state index contributed by atoms with van der Waals surface area (Å²) in [7, 11) is 0. The lowest BCUT2D eigenvalue weighted by Crippen LogP contribution is -2.25. The lowest BCUT2D eigenvalue weighted by Gasteiger charge is -1.87. The third kappa shape index (κ3) is 0.852. The molecule has 0 N–H and O–H groups in total. The van der Waals surface area contributed by atoms with Gasteiger partial charge in [-0.1, -0.05) is 0 Å². The van der Waals surface area contributed by atoms with Crippen LogP contribution in [0.1, 0.15) is 0 Å². The molecule has 84 valence electrons. The van der Waals surface area contributed by atoms with Gasteiger partial charge < -0.3 is 10.4 Å². The molecule has 0 saturated heterocycles. The largest absolute Gasteiger partial charge is 0.359 e. The summed E-state index contributed by atoms with van der Waals surface area (Å²) in [5.41, 5.74) is 0.871. The maximum atomic E-state index is 11.4. The lowest BCUT2D eigenvalue weighted by molar-refractivity contribution is -0.782. The molecule has 0 aliphatic heterocycles. The van der Waals surface area contributed by atoms with Crippen LogP contribution in [0, 0.1) is 10.4 Å². The first kappa shape index (κ1) is 8.58. The van der Waals surface area contributed by atoms with Gasteiger partial charge in [0.15, 0.2) is 11.0 Å². The molecule has 0 bridgehead atoms. The van der Waals surface area contributed by atoms with Gasteiger partial charge in [0.05, 0.1) is 16.9 Å². The van der Waals surface area contributed by atoms with Crippen molar-refractivity contribution in [3.63, 3.8) is 0 Å². The Morgan fingerprint density at radius 3 is 2.18 bits per heavy atom. The Labute approximate surface area is 94.0 Å².